The van der Waals surface area contributed by atoms with E-state index in [-0.39, 0.29) is 17.6 Å². The Kier molecular flexibility index (Phi) is 8.58. The second-order valence-corrected chi connectivity index (χ2v) is 8.43. The maximum absolute atomic E-state index is 12.2. The molecule has 0 radical (unpaired) electrons. The van der Waals surface area contributed by atoms with Crippen molar-refractivity contribution in [2.45, 2.75) is 13.3 Å². The molecule has 1 N–H and O–H groups in total. The fourth-order valence-corrected chi connectivity index (χ4v) is 4.03. The normalized spacial score (nSPS) is 11.3. The Labute approximate surface area is 158 Å². The first kappa shape index (κ1) is 19.8. The lowest BCUT2D eigenvalue weighted by Crippen LogP contribution is -2.29. The number of hydrogen-bond acceptors (Lipinski definition) is 7. The molecule has 0 saturated carbocycles. The van der Waals surface area contributed by atoms with Gasteiger partial charge in [0.05, 0.1) is 17.1 Å². The maximum Gasteiger partial charge on any atom is 0.230 e. The average Bonchev–Trinajstić information content (AvgIpc) is 2.95. The highest BCUT2D eigenvalue weighted by atomic mass is 79.9. The van der Waals surface area contributed by atoms with Gasteiger partial charge in [0.2, 0.25) is 11.0 Å². The lowest BCUT2D eigenvalue weighted by molar-refractivity contribution is 0.322. The summed E-state index contributed by atoms with van der Waals surface area (Å²) in [6.45, 7) is 3.93. The van der Waals surface area contributed by atoms with Gasteiger partial charge >= 0.3 is 0 Å². The summed E-state index contributed by atoms with van der Waals surface area (Å²) >= 11 is 6.93. The van der Waals surface area contributed by atoms with E-state index in [1.54, 1.807) is 11.8 Å². The first-order chi connectivity index (χ1) is 11.7. The number of anilines is 1. The summed E-state index contributed by atoms with van der Waals surface area (Å²) in [6, 6.07) is 1.50. The van der Waals surface area contributed by atoms with Gasteiger partial charge in [0.1, 0.15) is 6.26 Å². The van der Waals surface area contributed by atoms with Gasteiger partial charge in [0, 0.05) is 30.3 Å². The highest BCUT2D eigenvalue weighted by Gasteiger charge is 2.16. The van der Waals surface area contributed by atoms with Crippen molar-refractivity contribution < 1.29 is 13.9 Å². The van der Waals surface area contributed by atoms with Gasteiger partial charge in [-0.25, -0.2) is 0 Å². The van der Waals surface area contributed by atoms with E-state index < -0.39 is 0 Å². The predicted octanol–water partition coefficient (Wildman–Crippen LogP) is 3.82. The van der Waals surface area contributed by atoms with Crippen LogP contribution in [-0.2, 0) is 0 Å². The number of thioether (sulfide) groups is 2. The Bertz CT molecular complexity index is 676. The highest BCUT2D eigenvalue weighted by Crippen LogP contribution is 2.27. The second-order valence-electron chi connectivity index (χ2n) is 5.13. The van der Waals surface area contributed by atoms with Gasteiger partial charge in [-0.05, 0) is 28.1 Å². The Morgan fingerprint density at radius 1 is 1.17 bits per heavy atom. The fraction of sp³-hybridized carbons (Fsp3) is 0.562. The minimum absolute atomic E-state index is 0.175. The average molecular weight is 436 g/mol. The largest absolute Gasteiger partial charge is 0.456 e. The topological polar surface area (TPSA) is 66.8 Å². The first-order valence-electron chi connectivity index (χ1n) is 7.89. The van der Waals surface area contributed by atoms with Crippen LogP contribution in [0.1, 0.15) is 13.3 Å². The zero-order chi connectivity index (χ0) is 17.4. The van der Waals surface area contributed by atoms with E-state index in [0.29, 0.717) is 21.7 Å². The zero-order valence-electron chi connectivity index (χ0n) is 13.6. The number of aliphatic hydroxyl groups is 1. The van der Waals surface area contributed by atoms with Gasteiger partial charge in [-0.15, -0.1) is 0 Å². The first-order valence-corrected chi connectivity index (χ1v) is 11.0. The van der Waals surface area contributed by atoms with Crippen LogP contribution < -0.4 is 10.3 Å². The molecular formula is C16H22BrNO4S2. The van der Waals surface area contributed by atoms with E-state index >= 15 is 0 Å². The van der Waals surface area contributed by atoms with Crippen LogP contribution in [0.15, 0.2) is 30.4 Å². The van der Waals surface area contributed by atoms with Crippen molar-refractivity contribution in [1.82, 2.24) is 0 Å². The Morgan fingerprint density at radius 3 is 2.54 bits per heavy atom. The molecule has 0 aliphatic carbocycles. The minimum atomic E-state index is -0.175. The molecule has 0 atom stereocenters. The van der Waals surface area contributed by atoms with E-state index in [0.717, 1.165) is 36.8 Å². The molecule has 0 bridgehead atoms. The number of aliphatic hydroxyl groups excluding tert-OH is 1. The predicted molar refractivity (Wildman–Crippen MR) is 107 cm³/mol. The molecule has 0 aromatic carbocycles. The van der Waals surface area contributed by atoms with Crippen molar-refractivity contribution >= 4 is 56.5 Å². The van der Waals surface area contributed by atoms with Crippen LogP contribution >= 0.6 is 39.5 Å². The third-order valence-corrected chi connectivity index (χ3v) is 5.95. The Hall–Kier alpha value is -0.570. The number of furan rings is 1. The summed E-state index contributed by atoms with van der Waals surface area (Å²) in [5.74, 6) is 4.26. The van der Waals surface area contributed by atoms with Crippen LogP contribution in [0.5, 0.6) is 0 Å². The molecular weight excluding hydrogens is 414 g/mol. The number of fused-ring (bicyclic) bond motifs is 1. The zero-order valence-corrected chi connectivity index (χ0v) is 16.8. The SMILES string of the molecule is CCCSCCN(CCSCCO)c1cc(=O)c2occ(Br)c2o1. The van der Waals surface area contributed by atoms with Crippen LogP contribution in [0, 0.1) is 0 Å². The molecule has 0 spiro atoms. The molecule has 134 valence electrons. The third-order valence-electron chi connectivity index (χ3n) is 3.30. The van der Waals surface area contributed by atoms with Crippen molar-refractivity contribution in [3.8, 4) is 0 Å². The number of hydrogen-bond donors (Lipinski definition) is 1. The van der Waals surface area contributed by atoms with Crippen molar-refractivity contribution in [3.63, 3.8) is 0 Å². The van der Waals surface area contributed by atoms with Crippen LogP contribution in [0.2, 0.25) is 0 Å². The van der Waals surface area contributed by atoms with Crippen LogP contribution in [0.3, 0.4) is 0 Å². The van der Waals surface area contributed by atoms with E-state index in [2.05, 4.69) is 27.8 Å². The maximum atomic E-state index is 12.2. The van der Waals surface area contributed by atoms with E-state index in [9.17, 15) is 4.79 Å². The van der Waals surface area contributed by atoms with Gasteiger partial charge in [0.25, 0.3) is 0 Å². The van der Waals surface area contributed by atoms with Crippen molar-refractivity contribution in [2.75, 3.05) is 47.6 Å². The van der Waals surface area contributed by atoms with Gasteiger partial charge in [0.15, 0.2) is 11.5 Å². The summed E-state index contributed by atoms with van der Waals surface area (Å²) < 4.78 is 11.8. The van der Waals surface area contributed by atoms with Crippen LogP contribution in [0.4, 0.5) is 5.88 Å². The van der Waals surface area contributed by atoms with Gasteiger partial charge in [-0.2, -0.15) is 23.5 Å². The molecule has 0 aliphatic rings. The molecule has 0 aliphatic heterocycles. The molecule has 0 unspecified atom stereocenters. The summed E-state index contributed by atoms with van der Waals surface area (Å²) in [4.78, 5) is 14.3. The third kappa shape index (κ3) is 5.47. The van der Waals surface area contributed by atoms with E-state index in [1.807, 2.05) is 11.8 Å². The van der Waals surface area contributed by atoms with Crippen molar-refractivity contribution in [3.05, 3.63) is 27.0 Å². The number of halogens is 1. The van der Waals surface area contributed by atoms with E-state index in [1.165, 1.54) is 12.3 Å². The molecule has 2 aromatic rings. The van der Waals surface area contributed by atoms with Crippen LogP contribution in [0.25, 0.3) is 11.2 Å². The summed E-state index contributed by atoms with van der Waals surface area (Å²) in [6.07, 6.45) is 2.62. The summed E-state index contributed by atoms with van der Waals surface area (Å²) in [5, 5.41) is 8.90. The smallest absolute Gasteiger partial charge is 0.230 e. The molecule has 2 aromatic heterocycles. The van der Waals surface area contributed by atoms with Crippen molar-refractivity contribution in [1.29, 1.82) is 0 Å². The molecule has 0 saturated heterocycles. The van der Waals surface area contributed by atoms with Crippen molar-refractivity contribution in [2.24, 2.45) is 0 Å². The molecule has 2 heterocycles. The van der Waals surface area contributed by atoms with Crippen LogP contribution in [-0.4, -0.2) is 47.8 Å². The minimum Gasteiger partial charge on any atom is -0.456 e. The molecule has 8 heteroatoms. The fourth-order valence-electron chi connectivity index (χ4n) is 2.15. The number of nitrogens with zero attached hydrogens (tertiary/aromatic N) is 1. The quantitative estimate of drug-likeness (QED) is 0.537. The van der Waals surface area contributed by atoms with E-state index in [4.69, 9.17) is 13.9 Å². The van der Waals surface area contributed by atoms with Gasteiger partial charge in [-0.1, -0.05) is 6.92 Å². The number of rotatable bonds is 11. The molecule has 0 fully saturated rings. The second kappa shape index (κ2) is 10.4. The van der Waals surface area contributed by atoms with Gasteiger partial charge in [-0.3, -0.25) is 4.79 Å². The highest BCUT2D eigenvalue weighted by molar-refractivity contribution is 9.10. The molecule has 5 nitrogen and oxygen atoms in total. The molecule has 0 amide bonds. The monoisotopic (exact) mass is 435 g/mol. The summed E-state index contributed by atoms with van der Waals surface area (Å²) in [5.41, 5.74) is 0.512. The lowest BCUT2D eigenvalue weighted by Gasteiger charge is -2.22. The Balaban J connectivity index is 2.14. The van der Waals surface area contributed by atoms with Gasteiger partial charge < -0.3 is 18.8 Å². The standard InChI is InChI=1S/C16H22BrNO4S2/c1-2-6-23-7-3-18(4-8-24-9-5-19)14-10-13(20)16-15(22-14)12(17)11-21-16/h10-11,19H,2-9H2,1H3. The molecule has 2 rings (SSSR count). The molecule has 24 heavy (non-hydrogen) atoms. The lowest BCUT2D eigenvalue weighted by atomic mass is 10.4. The summed E-state index contributed by atoms with van der Waals surface area (Å²) in [7, 11) is 0. The Morgan fingerprint density at radius 2 is 1.88 bits per heavy atom.